The van der Waals surface area contributed by atoms with Gasteiger partial charge >= 0.3 is 0 Å². The van der Waals surface area contributed by atoms with E-state index in [4.69, 9.17) is 16.9 Å². The molecule has 0 fully saturated rings. The number of nitriles is 1. The Labute approximate surface area is 113 Å². The molecule has 2 rings (SSSR count). The van der Waals surface area contributed by atoms with Crippen molar-refractivity contribution in [2.75, 3.05) is 5.32 Å². The maximum Gasteiger partial charge on any atom is 0.152 e. The Morgan fingerprint density at radius 1 is 1.32 bits per heavy atom. The standard InChI is InChI=1S/C13H8ClF2N3/c14-13-12(2-1-3-18-13)19-7-9-10(15)4-8(6-17)5-11(9)16/h1-5,19H,7H2. The number of pyridine rings is 1. The molecule has 1 heterocycles. The number of rotatable bonds is 3. The fourth-order valence-electron chi connectivity index (χ4n) is 1.54. The molecule has 0 amide bonds. The van der Waals surface area contributed by atoms with Crippen LogP contribution in [0.25, 0.3) is 0 Å². The van der Waals surface area contributed by atoms with Crippen molar-refractivity contribution in [3.8, 4) is 6.07 Å². The lowest BCUT2D eigenvalue weighted by Crippen LogP contribution is -2.06. The highest BCUT2D eigenvalue weighted by molar-refractivity contribution is 6.31. The van der Waals surface area contributed by atoms with Crippen LogP contribution in [0.15, 0.2) is 30.5 Å². The molecule has 0 aliphatic heterocycles. The second-order valence-corrected chi connectivity index (χ2v) is 4.08. The number of hydrogen-bond acceptors (Lipinski definition) is 3. The van der Waals surface area contributed by atoms with Gasteiger partial charge in [0.05, 0.1) is 17.3 Å². The van der Waals surface area contributed by atoms with Gasteiger partial charge in [0.25, 0.3) is 0 Å². The molecule has 96 valence electrons. The summed E-state index contributed by atoms with van der Waals surface area (Å²) in [5, 5.41) is 11.6. The molecule has 1 N–H and O–H groups in total. The lowest BCUT2D eigenvalue weighted by Gasteiger charge is -2.09. The van der Waals surface area contributed by atoms with Gasteiger partial charge in [-0.25, -0.2) is 13.8 Å². The largest absolute Gasteiger partial charge is 0.378 e. The third kappa shape index (κ3) is 2.98. The van der Waals surface area contributed by atoms with Crippen molar-refractivity contribution in [2.24, 2.45) is 0 Å². The van der Waals surface area contributed by atoms with E-state index in [1.807, 2.05) is 0 Å². The number of anilines is 1. The van der Waals surface area contributed by atoms with Crippen LogP contribution in [0.4, 0.5) is 14.5 Å². The first kappa shape index (κ1) is 13.2. The molecule has 0 spiro atoms. The summed E-state index contributed by atoms with van der Waals surface area (Å²) in [4.78, 5) is 3.84. The molecule has 0 atom stereocenters. The van der Waals surface area contributed by atoms with Crippen LogP contribution < -0.4 is 5.32 Å². The zero-order chi connectivity index (χ0) is 13.8. The Hall–Kier alpha value is -2.19. The van der Waals surface area contributed by atoms with E-state index in [-0.39, 0.29) is 22.8 Å². The second-order valence-electron chi connectivity index (χ2n) is 3.73. The number of benzene rings is 1. The van der Waals surface area contributed by atoms with Gasteiger partial charge in [-0.05, 0) is 24.3 Å². The van der Waals surface area contributed by atoms with Crippen LogP contribution in [0.1, 0.15) is 11.1 Å². The molecule has 2 aromatic rings. The highest BCUT2D eigenvalue weighted by Gasteiger charge is 2.11. The zero-order valence-corrected chi connectivity index (χ0v) is 10.4. The molecule has 3 nitrogen and oxygen atoms in total. The molecule has 0 saturated heterocycles. The summed E-state index contributed by atoms with van der Waals surface area (Å²) in [7, 11) is 0. The molecule has 0 radical (unpaired) electrons. The maximum atomic E-state index is 13.6. The summed E-state index contributed by atoms with van der Waals surface area (Å²) in [6, 6.07) is 6.97. The van der Waals surface area contributed by atoms with Gasteiger partial charge in [0.15, 0.2) is 5.15 Å². The van der Waals surface area contributed by atoms with E-state index >= 15 is 0 Å². The summed E-state index contributed by atoms with van der Waals surface area (Å²) in [6.07, 6.45) is 1.51. The van der Waals surface area contributed by atoms with E-state index in [2.05, 4.69) is 10.3 Å². The monoisotopic (exact) mass is 279 g/mol. The molecule has 1 aromatic heterocycles. The first-order chi connectivity index (χ1) is 9.11. The van der Waals surface area contributed by atoms with E-state index in [1.165, 1.54) is 6.20 Å². The SMILES string of the molecule is N#Cc1cc(F)c(CNc2cccnc2Cl)c(F)c1. The molecule has 0 unspecified atom stereocenters. The maximum absolute atomic E-state index is 13.6. The van der Waals surface area contributed by atoms with Crippen molar-refractivity contribution in [3.63, 3.8) is 0 Å². The highest BCUT2D eigenvalue weighted by Crippen LogP contribution is 2.21. The first-order valence-corrected chi connectivity index (χ1v) is 5.72. The molecule has 19 heavy (non-hydrogen) atoms. The van der Waals surface area contributed by atoms with Crippen molar-refractivity contribution >= 4 is 17.3 Å². The minimum Gasteiger partial charge on any atom is -0.378 e. The summed E-state index contributed by atoms with van der Waals surface area (Å²) in [6.45, 7) is -0.0885. The van der Waals surface area contributed by atoms with Crippen LogP contribution in [0, 0.1) is 23.0 Å². The Bertz CT molecular complexity index is 630. The number of hydrogen-bond donors (Lipinski definition) is 1. The van der Waals surface area contributed by atoms with Crippen molar-refractivity contribution < 1.29 is 8.78 Å². The molecule has 0 bridgehead atoms. The van der Waals surface area contributed by atoms with E-state index in [0.717, 1.165) is 12.1 Å². The number of aromatic nitrogens is 1. The normalized spacial score (nSPS) is 10.0. The average molecular weight is 280 g/mol. The van der Waals surface area contributed by atoms with Crippen LogP contribution in [-0.2, 0) is 6.54 Å². The van der Waals surface area contributed by atoms with Gasteiger partial charge in [-0.2, -0.15) is 5.26 Å². The molecule has 0 aliphatic carbocycles. The van der Waals surface area contributed by atoms with Crippen molar-refractivity contribution in [3.05, 3.63) is 58.4 Å². The molecular weight excluding hydrogens is 272 g/mol. The fraction of sp³-hybridized carbons (Fsp3) is 0.0769. The summed E-state index contributed by atoms with van der Waals surface area (Å²) < 4.78 is 27.2. The van der Waals surface area contributed by atoms with E-state index < -0.39 is 11.6 Å². The zero-order valence-electron chi connectivity index (χ0n) is 9.62. The minimum atomic E-state index is -0.774. The molecule has 1 aromatic carbocycles. The van der Waals surface area contributed by atoms with Crippen molar-refractivity contribution in [1.82, 2.24) is 4.98 Å². The number of nitrogens with zero attached hydrogens (tertiary/aromatic N) is 2. The Balaban J connectivity index is 2.21. The van der Waals surface area contributed by atoms with Gasteiger partial charge in [-0.1, -0.05) is 11.6 Å². The highest BCUT2D eigenvalue weighted by atomic mass is 35.5. The van der Waals surface area contributed by atoms with Crippen LogP contribution in [0.2, 0.25) is 5.15 Å². The van der Waals surface area contributed by atoms with Crippen LogP contribution in [0.5, 0.6) is 0 Å². The Morgan fingerprint density at radius 2 is 2.00 bits per heavy atom. The van der Waals surface area contributed by atoms with Gasteiger partial charge in [0.1, 0.15) is 11.6 Å². The second kappa shape index (κ2) is 5.63. The smallest absolute Gasteiger partial charge is 0.152 e. The topological polar surface area (TPSA) is 48.7 Å². The number of nitrogens with one attached hydrogen (secondary N) is 1. The van der Waals surface area contributed by atoms with Crippen LogP contribution in [-0.4, -0.2) is 4.98 Å². The Kier molecular flexibility index (Phi) is 3.93. The first-order valence-electron chi connectivity index (χ1n) is 5.34. The van der Waals surface area contributed by atoms with Gasteiger partial charge < -0.3 is 5.32 Å². The van der Waals surface area contributed by atoms with Crippen LogP contribution >= 0.6 is 11.6 Å². The van der Waals surface area contributed by atoms with Crippen molar-refractivity contribution in [1.29, 1.82) is 5.26 Å². The Morgan fingerprint density at radius 3 is 2.58 bits per heavy atom. The number of halogens is 3. The van der Waals surface area contributed by atoms with E-state index in [0.29, 0.717) is 5.69 Å². The van der Waals surface area contributed by atoms with Gasteiger partial charge in [0.2, 0.25) is 0 Å². The summed E-state index contributed by atoms with van der Waals surface area (Å²) in [5.74, 6) is -1.55. The average Bonchev–Trinajstić information content (AvgIpc) is 2.39. The lowest BCUT2D eigenvalue weighted by molar-refractivity contribution is 0.559. The van der Waals surface area contributed by atoms with E-state index in [1.54, 1.807) is 18.2 Å². The van der Waals surface area contributed by atoms with Gasteiger partial charge in [-0.3, -0.25) is 0 Å². The predicted molar refractivity (Wildman–Crippen MR) is 67.6 cm³/mol. The van der Waals surface area contributed by atoms with E-state index in [9.17, 15) is 8.78 Å². The minimum absolute atomic E-state index is 0.0573. The predicted octanol–water partition coefficient (Wildman–Crippen LogP) is 3.50. The van der Waals surface area contributed by atoms with Gasteiger partial charge in [-0.15, -0.1) is 0 Å². The lowest BCUT2D eigenvalue weighted by atomic mass is 10.1. The fourth-order valence-corrected chi connectivity index (χ4v) is 1.72. The quantitative estimate of drug-likeness (QED) is 0.875. The molecule has 0 aliphatic rings. The van der Waals surface area contributed by atoms with Crippen molar-refractivity contribution in [2.45, 2.75) is 6.54 Å². The summed E-state index contributed by atoms with van der Waals surface area (Å²) >= 11 is 5.81. The third-order valence-electron chi connectivity index (χ3n) is 2.48. The summed E-state index contributed by atoms with van der Waals surface area (Å²) in [5.41, 5.74) is 0.268. The third-order valence-corrected chi connectivity index (χ3v) is 2.79. The molecule has 0 saturated carbocycles. The van der Waals surface area contributed by atoms with Crippen LogP contribution in [0.3, 0.4) is 0 Å². The molecule has 6 heteroatoms. The van der Waals surface area contributed by atoms with Gasteiger partial charge in [0, 0.05) is 18.3 Å². The molecular formula is C13H8ClF2N3.